The molecule has 0 N–H and O–H groups in total. The molecule has 0 bridgehead atoms. The molecular formula is C20H17N3O5. The highest BCUT2D eigenvalue weighted by Gasteiger charge is 2.59. The third-order valence-electron chi connectivity index (χ3n) is 4.79. The number of amides is 2. The Hall–Kier alpha value is -3.68. The van der Waals surface area contributed by atoms with Crippen molar-refractivity contribution in [1.82, 2.24) is 0 Å². The average Bonchev–Trinajstić information content (AvgIpc) is 3.25. The van der Waals surface area contributed by atoms with Gasteiger partial charge in [0.05, 0.1) is 25.6 Å². The quantitative estimate of drug-likeness (QED) is 0.592. The molecule has 28 heavy (non-hydrogen) atoms. The lowest BCUT2D eigenvalue weighted by molar-refractivity contribution is -0.133. The molecule has 1 fully saturated rings. The van der Waals surface area contributed by atoms with Crippen molar-refractivity contribution in [2.24, 2.45) is 11.0 Å². The molecule has 2 heterocycles. The van der Waals surface area contributed by atoms with E-state index in [1.165, 1.54) is 19.2 Å². The van der Waals surface area contributed by atoms with Crippen LogP contribution in [0.5, 0.6) is 5.75 Å². The first-order valence-electron chi connectivity index (χ1n) is 8.60. The topological polar surface area (TPSA) is 88.5 Å². The highest BCUT2D eigenvalue weighted by Crippen LogP contribution is 2.40. The number of hydrogen-bond acceptors (Lipinski definition) is 7. The van der Waals surface area contributed by atoms with Crippen LogP contribution in [0.1, 0.15) is 0 Å². The molecule has 0 saturated carbocycles. The van der Waals surface area contributed by atoms with Crippen LogP contribution in [0.15, 0.2) is 59.7 Å². The zero-order chi connectivity index (χ0) is 19.8. The summed E-state index contributed by atoms with van der Waals surface area (Å²) in [4.78, 5) is 39.8. The summed E-state index contributed by atoms with van der Waals surface area (Å²) in [7, 11) is 2.67. The molecule has 2 aromatic carbocycles. The van der Waals surface area contributed by atoms with Gasteiger partial charge in [0.15, 0.2) is 5.71 Å². The van der Waals surface area contributed by atoms with Crippen LogP contribution >= 0.6 is 0 Å². The van der Waals surface area contributed by atoms with E-state index < -0.39 is 29.7 Å². The number of hydrazone groups is 1. The van der Waals surface area contributed by atoms with E-state index in [0.717, 1.165) is 4.90 Å². The SMILES string of the molecule is COC(=O)C1=NN(c2ccccc2)[C@H]2C(=O)N(c3ccccc3OC)C(=O)[C@H]12. The fraction of sp³-hybridized carbons (Fsp3) is 0.200. The monoisotopic (exact) mass is 379 g/mol. The van der Waals surface area contributed by atoms with Crippen LogP contribution in [-0.4, -0.2) is 43.8 Å². The summed E-state index contributed by atoms with van der Waals surface area (Å²) < 4.78 is 10.1. The summed E-state index contributed by atoms with van der Waals surface area (Å²) >= 11 is 0. The molecule has 142 valence electrons. The van der Waals surface area contributed by atoms with Crippen LogP contribution < -0.4 is 14.6 Å². The first-order chi connectivity index (χ1) is 13.6. The van der Waals surface area contributed by atoms with Gasteiger partial charge in [0.2, 0.25) is 5.91 Å². The second-order valence-corrected chi connectivity index (χ2v) is 6.26. The molecule has 2 amide bonds. The molecule has 1 saturated heterocycles. The van der Waals surface area contributed by atoms with Gasteiger partial charge in [-0.15, -0.1) is 0 Å². The van der Waals surface area contributed by atoms with Crippen LogP contribution in [0, 0.1) is 5.92 Å². The smallest absolute Gasteiger partial charge is 0.355 e. The first-order valence-corrected chi connectivity index (χ1v) is 8.60. The molecule has 0 unspecified atom stereocenters. The van der Waals surface area contributed by atoms with Gasteiger partial charge in [-0.05, 0) is 24.3 Å². The largest absolute Gasteiger partial charge is 0.495 e. The lowest BCUT2D eigenvalue weighted by Crippen LogP contribution is -2.39. The minimum Gasteiger partial charge on any atom is -0.495 e. The van der Waals surface area contributed by atoms with Crippen molar-refractivity contribution in [2.45, 2.75) is 6.04 Å². The van der Waals surface area contributed by atoms with Gasteiger partial charge in [0.1, 0.15) is 17.7 Å². The normalized spacial score (nSPS) is 20.9. The highest BCUT2D eigenvalue weighted by molar-refractivity contribution is 6.47. The number of imide groups is 1. The predicted octanol–water partition coefficient (Wildman–Crippen LogP) is 1.60. The Balaban J connectivity index is 1.82. The standard InChI is InChI=1S/C20H17N3O5/c1-27-14-11-7-6-10-13(14)22-18(24)15-16(20(26)28-2)21-23(17(15)19(22)25)12-8-4-3-5-9-12/h3-11,15,17H,1-2H3/t15-,17-/m1/s1. The molecule has 0 aromatic heterocycles. The molecule has 2 aliphatic heterocycles. The van der Waals surface area contributed by atoms with E-state index in [2.05, 4.69) is 5.10 Å². The minimum atomic E-state index is -1.05. The molecule has 0 radical (unpaired) electrons. The van der Waals surface area contributed by atoms with Crippen molar-refractivity contribution in [2.75, 3.05) is 24.1 Å². The highest BCUT2D eigenvalue weighted by atomic mass is 16.5. The number of para-hydroxylation sites is 3. The van der Waals surface area contributed by atoms with Crippen LogP contribution in [0.3, 0.4) is 0 Å². The molecule has 0 spiro atoms. The fourth-order valence-electron chi connectivity index (χ4n) is 3.53. The third kappa shape index (κ3) is 2.53. The Kier molecular flexibility index (Phi) is 4.31. The Morgan fingerprint density at radius 1 is 0.964 bits per heavy atom. The number of anilines is 2. The number of carbonyl (C=O) groups is 3. The number of carbonyl (C=O) groups excluding carboxylic acids is 3. The summed E-state index contributed by atoms with van der Waals surface area (Å²) in [6.45, 7) is 0. The van der Waals surface area contributed by atoms with E-state index in [9.17, 15) is 14.4 Å². The van der Waals surface area contributed by atoms with Crippen molar-refractivity contribution in [1.29, 1.82) is 0 Å². The maximum atomic E-state index is 13.3. The number of fused-ring (bicyclic) bond motifs is 1. The van der Waals surface area contributed by atoms with E-state index in [1.807, 2.05) is 6.07 Å². The van der Waals surface area contributed by atoms with Gasteiger partial charge in [-0.3, -0.25) is 14.6 Å². The number of ether oxygens (including phenoxy) is 2. The van der Waals surface area contributed by atoms with Gasteiger partial charge in [0, 0.05) is 0 Å². The maximum Gasteiger partial charge on any atom is 0.355 e. The Morgan fingerprint density at radius 2 is 1.64 bits per heavy atom. The molecule has 2 aromatic rings. The van der Waals surface area contributed by atoms with Crippen LogP contribution in [0.2, 0.25) is 0 Å². The maximum absolute atomic E-state index is 13.3. The Bertz CT molecular complexity index is 988. The lowest BCUT2D eigenvalue weighted by Gasteiger charge is -2.22. The van der Waals surface area contributed by atoms with E-state index in [0.29, 0.717) is 17.1 Å². The molecule has 8 heteroatoms. The van der Waals surface area contributed by atoms with E-state index >= 15 is 0 Å². The van der Waals surface area contributed by atoms with Crippen LogP contribution in [-0.2, 0) is 19.1 Å². The van der Waals surface area contributed by atoms with Crippen molar-refractivity contribution in [3.63, 3.8) is 0 Å². The second kappa shape index (κ2) is 6.80. The lowest BCUT2D eigenvalue weighted by atomic mass is 9.98. The van der Waals surface area contributed by atoms with Gasteiger partial charge < -0.3 is 9.47 Å². The molecule has 8 nitrogen and oxygen atoms in total. The van der Waals surface area contributed by atoms with Gasteiger partial charge in [0.25, 0.3) is 5.91 Å². The van der Waals surface area contributed by atoms with Crippen LogP contribution in [0.25, 0.3) is 0 Å². The predicted molar refractivity (Wildman–Crippen MR) is 101 cm³/mol. The van der Waals surface area contributed by atoms with Crippen molar-refractivity contribution >= 4 is 34.9 Å². The summed E-state index contributed by atoms with van der Waals surface area (Å²) in [6, 6.07) is 14.7. The van der Waals surface area contributed by atoms with Crippen LogP contribution in [0.4, 0.5) is 11.4 Å². The van der Waals surface area contributed by atoms with E-state index in [-0.39, 0.29) is 5.71 Å². The van der Waals surface area contributed by atoms with Gasteiger partial charge in [-0.1, -0.05) is 30.3 Å². The minimum absolute atomic E-state index is 0.0906. The molecular weight excluding hydrogens is 362 g/mol. The molecule has 0 aliphatic carbocycles. The molecule has 2 atom stereocenters. The van der Waals surface area contributed by atoms with Gasteiger partial charge in [-0.25, -0.2) is 9.69 Å². The molecule has 4 rings (SSSR count). The van der Waals surface area contributed by atoms with E-state index in [4.69, 9.17) is 9.47 Å². The number of methoxy groups -OCH3 is 2. The Labute approximate surface area is 160 Å². The van der Waals surface area contributed by atoms with Gasteiger partial charge in [-0.2, -0.15) is 5.10 Å². The summed E-state index contributed by atoms with van der Waals surface area (Å²) in [6.07, 6.45) is 0. The first kappa shape index (κ1) is 17.7. The zero-order valence-corrected chi connectivity index (χ0v) is 15.2. The van der Waals surface area contributed by atoms with Crippen molar-refractivity contribution < 1.29 is 23.9 Å². The van der Waals surface area contributed by atoms with Crippen molar-refractivity contribution in [3.05, 3.63) is 54.6 Å². The number of hydrogen-bond donors (Lipinski definition) is 0. The summed E-state index contributed by atoms with van der Waals surface area (Å²) in [5.74, 6) is -2.43. The number of nitrogens with zero attached hydrogens (tertiary/aromatic N) is 3. The third-order valence-corrected chi connectivity index (χ3v) is 4.79. The average molecular weight is 379 g/mol. The fourth-order valence-corrected chi connectivity index (χ4v) is 3.53. The van der Waals surface area contributed by atoms with E-state index in [1.54, 1.807) is 48.5 Å². The van der Waals surface area contributed by atoms with Gasteiger partial charge >= 0.3 is 5.97 Å². The second-order valence-electron chi connectivity index (χ2n) is 6.26. The number of rotatable bonds is 4. The zero-order valence-electron chi connectivity index (χ0n) is 15.2. The number of esters is 1. The summed E-state index contributed by atoms with van der Waals surface area (Å²) in [5, 5.41) is 5.67. The Morgan fingerprint density at radius 3 is 2.32 bits per heavy atom. The molecule has 2 aliphatic rings. The number of benzene rings is 2. The summed E-state index contributed by atoms with van der Waals surface area (Å²) in [5.41, 5.74) is 0.832. The van der Waals surface area contributed by atoms with Crippen molar-refractivity contribution in [3.8, 4) is 5.75 Å².